The molecule has 5 nitrogen and oxygen atoms in total. The van der Waals surface area contributed by atoms with Crippen molar-refractivity contribution in [1.29, 1.82) is 0 Å². The van der Waals surface area contributed by atoms with E-state index >= 15 is 0 Å². The molecule has 2 aromatic carbocycles. The first kappa shape index (κ1) is 19.8. The molecule has 0 bridgehead atoms. The van der Waals surface area contributed by atoms with Gasteiger partial charge in [0.25, 0.3) is 0 Å². The van der Waals surface area contributed by atoms with Crippen molar-refractivity contribution < 1.29 is 19.1 Å². The number of benzene rings is 2. The van der Waals surface area contributed by atoms with Gasteiger partial charge in [-0.15, -0.1) is 0 Å². The van der Waals surface area contributed by atoms with Crippen LogP contribution >= 0.6 is 0 Å². The van der Waals surface area contributed by atoms with E-state index in [9.17, 15) is 9.59 Å². The minimum absolute atomic E-state index is 0.0641. The van der Waals surface area contributed by atoms with E-state index in [0.717, 1.165) is 5.56 Å². The zero-order valence-electron chi connectivity index (χ0n) is 15.2. The molecule has 2 aromatic rings. The van der Waals surface area contributed by atoms with Crippen molar-refractivity contribution in [3.8, 4) is 0 Å². The Morgan fingerprint density at radius 3 is 2.23 bits per heavy atom. The number of carbonyl (C=O) groups excluding carboxylic acids is 2. The number of ketones is 1. The summed E-state index contributed by atoms with van der Waals surface area (Å²) in [4.78, 5) is 23.1. The van der Waals surface area contributed by atoms with Gasteiger partial charge in [0.2, 0.25) is 5.91 Å². The molecule has 1 amide bonds. The third-order valence-electron chi connectivity index (χ3n) is 3.91. The van der Waals surface area contributed by atoms with Crippen LogP contribution in [0.4, 0.5) is 0 Å². The molecular weight excluding hydrogens is 330 g/mol. The van der Waals surface area contributed by atoms with Crippen LogP contribution in [0.5, 0.6) is 0 Å². The van der Waals surface area contributed by atoms with Gasteiger partial charge in [0.05, 0.1) is 12.7 Å². The Kier molecular flexibility index (Phi) is 7.99. The van der Waals surface area contributed by atoms with Crippen LogP contribution in [-0.4, -0.2) is 37.0 Å². The first-order chi connectivity index (χ1) is 12.6. The van der Waals surface area contributed by atoms with Gasteiger partial charge < -0.3 is 14.8 Å². The first-order valence-electron chi connectivity index (χ1n) is 8.63. The quantitative estimate of drug-likeness (QED) is 0.896. The van der Waals surface area contributed by atoms with Gasteiger partial charge in [-0.25, -0.2) is 0 Å². The molecule has 1 heterocycles. The number of hydrogen-bond acceptors (Lipinski definition) is 4. The number of amides is 1. The van der Waals surface area contributed by atoms with Gasteiger partial charge in [0.15, 0.2) is 5.78 Å². The Hall–Kier alpha value is -2.50. The average Bonchev–Trinajstić information content (AvgIpc) is 2.96. The Labute approximate surface area is 154 Å². The van der Waals surface area contributed by atoms with Gasteiger partial charge in [-0.05, 0) is 19.4 Å². The number of nitrogens with one attached hydrogen (secondary N) is 1. The minimum Gasteiger partial charge on any atom is -0.368 e. The number of ether oxygens (including phenoxy) is 2. The Morgan fingerprint density at radius 2 is 1.73 bits per heavy atom. The molecule has 138 valence electrons. The van der Waals surface area contributed by atoms with Crippen molar-refractivity contribution in [3.63, 3.8) is 0 Å². The number of aryl methyl sites for hydroxylation is 1. The monoisotopic (exact) mass is 355 g/mol. The van der Waals surface area contributed by atoms with E-state index in [0.29, 0.717) is 6.61 Å². The molecule has 1 N–H and O–H groups in total. The largest absolute Gasteiger partial charge is 0.368 e. The molecule has 3 rings (SSSR count). The number of Topliss-reactive ketones (excluding diaryl/α,β-unsaturated/α-hetero) is 1. The predicted octanol–water partition coefficient (Wildman–Crippen LogP) is 2.67. The van der Waals surface area contributed by atoms with Gasteiger partial charge in [-0.3, -0.25) is 9.59 Å². The normalized spacial score (nSPS) is 18.8. The van der Waals surface area contributed by atoms with Crippen molar-refractivity contribution in [2.24, 2.45) is 0 Å². The highest BCUT2D eigenvalue weighted by Crippen LogP contribution is 2.09. The van der Waals surface area contributed by atoms with E-state index in [-0.39, 0.29) is 31.0 Å². The van der Waals surface area contributed by atoms with Gasteiger partial charge in [0, 0.05) is 0 Å². The second kappa shape index (κ2) is 10.5. The Balaban J connectivity index is 0.000000290. The lowest BCUT2D eigenvalue weighted by atomic mass is 10.1. The molecule has 1 fully saturated rings. The minimum atomic E-state index is -0.548. The van der Waals surface area contributed by atoms with Crippen molar-refractivity contribution in [1.82, 2.24) is 5.32 Å². The average molecular weight is 355 g/mol. The fourth-order valence-electron chi connectivity index (χ4n) is 2.44. The van der Waals surface area contributed by atoms with E-state index in [1.807, 2.05) is 48.5 Å². The Bertz CT molecular complexity index is 688. The highest BCUT2D eigenvalue weighted by atomic mass is 16.5. The molecule has 26 heavy (non-hydrogen) atoms. The smallest absolute Gasteiger partial charge is 0.246 e. The van der Waals surface area contributed by atoms with Crippen molar-refractivity contribution in [3.05, 3.63) is 71.8 Å². The zero-order chi connectivity index (χ0) is 18.8. The second-order valence-electron chi connectivity index (χ2n) is 6.16. The highest BCUT2D eigenvalue weighted by Gasteiger charge is 2.33. The zero-order valence-corrected chi connectivity index (χ0v) is 15.2. The van der Waals surface area contributed by atoms with Crippen LogP contribution < -0.4 is 5.32 Å². The fourth-order valence-corrected chi connectivity index (χ4v) is 2.44. The molecule has 1 saturated heterocycles. The van der Waals surface area contributed by atoms with Gasteiger partial charge >= 0.3 is 0 Å². The van der Waals surface area contributed by atoms with Crippen molar-refractivity contribution in [2.45, 2.75) is 32.6 Å². The predicted molar refractivity (Wildman–Crippen MR) is 99.6 cm³/mol. The van der Waals surface area contributed by atoms with Gasteiger partial charge in [0.1, 0.15) is 19.3 Å². The maximum Gasteiger partial charge on any atom is 0.246 e. The maximum atomic E-state index is 11.6. The van der Waals surface area contributed by atoms with Crippen LogP contribution in [0.25, 0.3) is 0 Å². The fraction of sp³-hybridized carbons (Fsp3) is 0.333. The maximum absolute atomic E-state index is 11.6. The molecule has 0 radical (unpaired) electrons. The summed E-state index contributed by atoms with van der Waals surface area (Å²) in [6.45, 7) is 4.22. The Morgan fingerprint density at radius 1 is 1.12 bits per heavy atom. The topological polar surface area (TPSA) is 64.6 Å². The standard InChI is InChI=1S/C14H17NO4.C7H8/c1-10-14(12(16)8-19-10)15-13(17)9-18-7-11-5-3-2-4-6-11;1-7-5-3-2-4-6-7/h2-6,10,14H,7-9H2,1H3,(H,15,17);2-6H,1H3. The van der Waals surface area contributed by atoms with Crippen molar-refractivity contribution >= 4 is 11.7 Å². The summed E-state index contributed by atoms with van der Waals surface area (Å²) < 4.78 is 10.4. The lowest BCUT2D eigenvalue weighted by molar-refractivity contribution is -0.129. The van der Waals surface area contributed by atoms with E-state index in [1.54, 1.807) is 6.92 Å². The molecule has 0 aliphatic carbocycles. The van der Waals surface area contributed by atoms with Gasteiger partial charge in [-0.1, -0.05) is 66.2 Å². The summed E-state index contributed by atoms with van der Waals surface area (Å²) in [5.74, 6) is -0.393. The van der Waals surface area contributed by atoms with Crippen molar-refractivity contribution in [2.75, 3.05) is 13.2 Å². The van der Waals surface area contributed by atoms with E-state index in [4.69, 9.17) is 9.47 Å². The third-order valence-corrected chi connectivity index (χ3v) is 3.91. The molecular formula is C21H25NO4. The molecule has 1 aliphatic rings. The summed E-state index contributed by atoms with van der Waals surface area (Å²) in [7, 11) is 0. The lowest BCUT2D eigenvalue weighted by Crippen LogP contribution is -2.45. The summed E-state index contributed by atoms with van der Waals surface area (Å²) in [6, 6.07) is 19.3. The van der Waals surface area contributed by atoms with Crippen LogP contribution in [0.3, 0.4) is 0 Å². The summed E-state index contributed by atoms with van der Waals surface area (Å²) in [5, 5.41) is 2.63. The van der Waals surface area contributed by atoms with E-state index in [1.165, 1.54) is 5.56 Å². The van der Waals surface area contributed by atoms with Gasteiger partial charge in [-0.2, -0.15) is 0 Å². The molecule has 0 spiro atoms. The summed E-state index contributed by atoms with van der Waals surface area (Å²) in [5.41, 5.74) is 2.33. The lowest BCUT2D eigenvalue weighted by Gasteiger charge is -2.14. The summed E-state index contributed by atoms with van der Waals surface area (Å²) >= 11 is 0. The second-order valence-corrected chi connectivity index (χ2v) is 6.16. The van der Waals surface area contributed by atoms with Crippen LogP contribution in [0, 0.1) is 6.92 Å². The molecule has 1 aliphatic heterocycles. The number of carbonyl (C=O) groups is 2. The van der Waals surface area contributed by atoms with Crippen LogP contribution in [0.15, 0.2) is 60.7 Å². The van der Waals surface area contributed by atoms with Crippen LogP contribution in [0.1, 0.15) is 18.1 Å². The van der Waals surface area contributed by atoms with Crippen LogP contribution in [0.2, 0.25) is 0 Å². The molecule has 0 saturated carbocycles. The highest BCUT2D eigenvalue weighted by molar-refractivity contribution is 5.92. The number of hydrogen-bond donors (Lipinski definition) is 1. The van der Waals surface area contributed by atoms with E-state index in [2.05, 4.69) is 24.4 Å². The molecule has 2 unspecified atom stereocenters. The van der Waals surface area contributed by atoms with Crippen LogP contribution in [-0.2, 0) is 25.7 Å². The molecule has 0 aromatic heterocycles. The summed E-state index contributed by atoms with van der Waals surface area (Å²) in [6.07, 6.45) is -0.273. The molecule has 5 heteroatoms. The first-order valence-corrected chi connectivity index (χ1v) is 8.63. The molecule has 2 atom stereocenters. The SMILES string of the molecule is CC1OCC(=O)C1NC(=O)COCc1ccccc1.Cc1ccccc1. The third kappa shape index (κ3) is 6.78. The van der Waals surface area contributed by atoms with E-state index < -0.39 is 6.04 Å². The number of rotatable bonds is 5.